The van der Waals surface area contributed by atoms with Gasteiger partial charge in [0.05, 0.1) is 23.5 Å². The standard InChI is InChI=1S/C10H12N6O4/c1-15-9(17)4-6(10(15)18)12-7-2-5(16(19)20)3-8(13-7)14-11/h2-3,6H,4,11H2,1H3,(H2,12,13,14). The molecule has 4 N–H and O–H groups in total. The molecule has 2 amide bonds. The highest BCUT2D eigenvalue weighted by atomic mass is 16.6. The summed E-state index contributed by atoms with van der Waals surface area (Å²) >= 11 is 0. The lowest BCUT2D eigenvalue weighted by molar-refractivity contribution is -0.384. The van der Waals surface area contributed by atoms with E-state index in [0.29, 0.717) is 0 Å². The maximum Gasteiger partial charge on any atom is 0.276 e. The molecule has 1 aliphatic heterocycles. The lowest BCUT2D eigenvalue weighted by atomic mass is 10.2. The number of likely N-dealkylation sites (tertiary alicyclic amines) is 1. The monoisotopic (exact) mass is 280 g/mol. The zero-order valence-corrected chi connectivity index (χ0v) is 10.5. The van der Waals surface area contributed by atoms with Gasteiger partial charge in [0.15, 0.2) is 0 Å². The second-order valence-electron chi connectivity index (χ2n) is 4.19. The second kappa shape index (κ2) is 5.09. The van der Waals surface area contributed by atoms with Gasteiger partial charge in [-0.25, -0.2) is 10.8 Å². The van der Waals surface area contributed by atoms with E-state index in [4.69, 9.17) is 5.84 Å². The number of anilines is 2. The topological polar surface area (TPSA) is 143 Å². The molecule has 0 saturated carbocycles. The second-order valence-corrected chi connectivity index (χ2v) is 4.19. The van der Waals surface area contributed by atoms with Crippen molar-refractivity contribution in [3.05, 3.63) is 22.2 Å². The molecule has 1 atom stereocenters. The fraction of sp³-hybridized carbons (Fsp3) is 0.300. The molecule has 0 bridgehead atoms. The van der Waals surface area contributed by atoms with Crippen LogP contribution in [0.15, 0.2) is 12.1 Å². The number of nitro groups is 1. The first-order chi connectivity index (χ1) is 9.42. The van der Waals surface area contributed by atoms with Crippen molar-refractivity contribution in [2.45, 2.75) is 12.5 Å². The van der Waals surface area contributed by atoms with E-state index in [1.54, 1.807) is 0 Å². The summed E-state index contributed by atoms with van der Waals surface area (Å²) in [7, 11) is 1.38. The molecule has 2 rings (SSSR count). The molecule has 0 spiro atoms. The minimum Gasteiger partial charge on any atom is -0.358 e. The quantitative estimate of drug-likeness (QED) is 0.288. The van der Waals surface area contributed by atoms with E-state index >= 15 is 0 Å². The van der Waals surface area contributed by atoms with Crippen LogP contribution in [0.5, 0.6) is 0 Å². The maximum atomic E-state index is 11.7. The van der Waals surface area contributed by atoms with Crippen LogP contribution in [0.4, 0.5) is 17.3 Å². The average molecular weight is 280 g/mol. The number of nitrogens with zero attached hydrogens (tertiary/aromatic N) is 3. The predicted octanol–water partition coefficient (Wildman–Crippen LogP) is -0.555. The summed E-state index contributed by atoms with van der Waals surface area (Å²) in [4.78, 5) is 38.2. The lowest BCUT2D eigenvalue weighted by Crippen LogP contribution is -2.32. The molecule has 1 aromatic rings. The largest absolute Gasteiger partial charge is 0.358 e. The molecule has 0 aliphatic carbocycles. The predicted molar refractivity (Wildman–Crippen MR) is 68.5 cm³/mol. The molecule has 0 radical (unpaired) electrons. The molecule has 0 aromatic carbocycles. The Morgan fingerprint density at radius 2 is 2.10 bits per heavy atom. The number of imide groups is 1. The number of hydrazine groups is 1. The van der Waals surface area contributed by atoms with Crippen LogP contribution in [-0.2, 0) is 9.59 Å². The molecule has 106 valence electrons. The molecule has 2 heterocycles. The SMILES string of the molecule is CN1C(=O)CC(Nc2cc([N+](=O)[O-])cc(NN)n2)C1=O. The number of hydrogen-bond acceptors (Lipinski definition) is 8. The third-order valence-corrected chi connectivity index (χ3v) is 2.87. The smallest absolute Gasteiger partial charge is 0.276 e. The van der Waals surface area contributed by atoms with Crippen molar-refractivity contribution in [2.24, 2.45) is 5.84 Å². The summed E-state index contributed by atoms with van der Waals surface area (Å²) in [6, 6.07) is 1.53. The van der Waals surface area contributed by atoms with E-state index in [1.807, 2.05) is 0 Å². The average Bonchev–Trinajstić information content (AvgIpc) is 2.66. The molecule has 1 fully saturated rings. The van der Waals surface area contributed by atoms with Crippen LogP contribution in [0.25, 0.3) is 0 Å². The Morgan fingerprint density at radius 3 is 2.60 bits per heavy atom. The number of amides is 2. The number of nitrogen functional groups attached to an aromatic ring is 1. The summed E-state index contributed by atoms with van der Waals surface area (Å²) in [6.45, 7) is 0. The number of nitrogens with two attached hydrogens (primary N) is 1. The normalized spacial score (nSPS) is 18.3. The number of likely N-dealkylation sites (N-methyl/N-ethyl adjacent to an activating group) is 1. The van der Waals surface area contributed by atoms with Crippen molar-refractivity contribution in [3.8, 4) is 0 Å². The van der Waals surface area contributed by atoms with Gasteiger partial charge in [-0.3, -0.25) is 24.6 Å². The van der Waals surface area contributed by atoms with Crippen LogP contribution in [0.3, 0.4) is 0 Å². The molecule has 10 nitrogen and oxygen atoms in total. The maximum absolute atomic E-state index is 11.7. The van der Waals surface area contributed by atoms with Gasteiger partial charge in [0, 0.05) is 7.05 Å². The minimum absolute atomic E-state index is 0.0227. The first-order valence-electron chi connectivity index (χ1n) is 5.62. The fourth-order valence-electron chi connectivity index (χ4n) is 1.82. The first kappa shape index (κ1) is 13.7. The van der Waals surface area contributed by atoms with Crippen LogP contribution in [0.2, 0.25) is 0 Å². The van der Waals surface area contributed by atoms with E-state index in [9.17, 15) is 19.7 Å². The van der Waals surface area contributed by atoms with E-state index in [0.717, 1.165) is 17.0 Å². The third-order valence-electron chi connectivity index (χ3n) is 2.87. The van der Waals surface area contributed by atoms with Gasteiger partial charge in [-0.15, -0.1) is 0 Å². The van der Waals surface area contributed by atoms with Gasteiger partial charge < -0.3 is 10.7 Å². The molecular formula is C10H12N6O4. The van der Waals surface area contributed by atoms with Gasteiger partial charge in [0.2, 0.25) is 5.91 Å². The molecule has 1 saturated heterocycles. The van der Waals surface area contributed by atoms with Crippen molar-refractivity contribution in [2.75, 3.05) is 17.8 Å². The Balaban J connectivity index is 2.25. The Hall–Kier alpha value is -2.75. The summed E-state index contributed by atoms with van der Waals surface area (Å²) in [5.74, 6) is 4.61. The summed E-state index contributed by atoms with van der Waals surface area (Å²) in [5.41, 5.74) is 1.96. The molecule has 1 aromatic heterocycles. The van der Waals surface area contributed by atoms with Gasteiger partial charge in [0.1, 0.15) is 17.7 Å². The van der Waals surface area contributed by atoms with E-state index < -0.39 is 16.9 Å². The van der Waals surface area contributed by atoms with Crippen molar-refractivity contribution in [1.82, 2.24) is 9.88 Å². The number of carbonyl (C=O) groups excluding carboxylic acids is 2. The molecule has 20 heavy (non-hydrogen) atoms. The first-order valence-corrected chi connectivity index (χ1v) is 5.62. The van der Waals surface area contributed by atoms with Crippen LogP contribution in [0.1, 0.15) is 6.42 Å². The van der Waals surface area contributed by atoms with E-state index in [2.05, 4.69) is 15.7 Å². The summed E-state index contributed by atoms with van der Waals surface area (Å²) in [5, 5.41) is 13.5. The van der Waals surface area contributed by atoms with E-state index in [1.165, 1.54) is 7.05 Å². The van der Waals surface area contributed by atoms with Crippen molar-refractivity contribution < 1.29 is 14.5 Å². The minimum atomic E-state index is -0.785. The Kier molecular flexibility index (Phi) is 3.48. The molecular weight excluding hydrogens is 268 g/mol. The molecule has 1 unspecified atom stereocenters. The Bertz CT molecular complexity index is 589. The number of hydrogen-bond donors (Lipinski definition) is 3. The zero-order chi connectivity index (χ0) is 14.9. The van der Waals surface area contributed by atoms with Crippen LogP contribution in [0, 0.1) is 10.1 Å². The highest BCUT2D eigenvalue weighted by Crippen LogP contribution is 2.22. The van der Waals surface area contributed by atoms with Crippen LogP contribution in [-0.4, -0.2) is 39.7 Å². The van der Waals surface area contributed by atoms with Crippen molar-refractivity contribution in [1.29, 1.82) is 0 Å². The van der Waals surface area contributed by atoms with Crippen LogP contribution < -0.4 is 16.6 Å². The number of nitrogens with one attached hydrogen (secondary N) is 2. The van der Waals surface area contributed by atoms with Gasteiger partial charge in [-0.05, 0) is 0 Å². The molecule has 1 aliphatic rings. The van der Waals surface area contributed by atoms with Crippen molar-refractivity contribution in [3.63, 3.8) is 0 Å². The van der Waals surface area contributed by atoms with Gasteiger partial charge in [-0.1, -0.05) is 0 Å². The van der Waals surface area contributed by atoms with Gasteiger partial charge >= 0.3 is 0 Å². The van der Waals surface area contributed by atoms with E-state index in [-0.39, 0.29) is 29.7 Å². The zero-order valence-electron chi connectivity index (χ0n) is 10.5. The third kappa shape index (κ3) is 2.49. The van der Waals surface area contributed by atoms with Crippen molar-refractivity contribution >= 4 is 29.1 Å². The lowest BCUT2D eigenvalue weighted by Gasteiger charge is -2.12. The Labute approximate surface area is 113 Å². The number of pyridine rings is 1. The summed E-state index contributed by atoms with van der Waals surface area (Å²) in [6.07, 6.45) is -0.0227. The highest BCUT2D eigenvalue weighted by molar-refractivity contribution is 6.06. The van der Waals surface area contributed by atoms with Gasteiger partial charge in [-0.2, -0.15) is 0 Å². The number of rotatable bonds is 4. The molecule has 10 heteroatoms. The Morgan fingerprint density at radius 1 is 1.45 bits per heavy atom. The summed E-state index contributed by atoms with van der Waals surface area (Å²) < 4.78 is 0. The number of aromatic nitrogens is 1. The highest BCUT2D eigenvalue weighted by Gasteiger charge is 2.36. The van der Waals surface area contributed by atoms with Gasteiger partial charge in [0.25, 0.3) is 11.6 Å². The fourth-order valence-corrected chi connectivity index (χ4v) is 1.82. The van der Waals surface area contributed by atoms with Crippen LogP contribution >= 0.6 is 0 Å². The number of carbonyl (C=O) groups is 2.